The third-order valence-corrected chi connectivity index (χ3v) is 6.03. The van der Waals surface area contributed by atoms with Crippen LogP contribution >= 0.6 is 0 Å². The Labute approximate surface area is 159 Å². The molecule has 3 aliphatic heterocycles. The first-order chi connectivity index (χ1) is 13.1. The Kier molecular flexibility index (Phi) is 5.19. The molecule has 1 aromatic heterocycles. The normalized spacial score (nSPS) is 30.9. The lowest BCUT2D eigenvalue weighted by atomic mass is 9.84. The van der Waals surface area contributed by atoms with E-state index in [1.165, 1.54) is 0 Å². The first-order valence-electron chi connectivity index (χ1n) is 9.96. The summed E-state index contributed by atoms with van der Waals surface area (Å²) in [7, 11) is 0. The average Bonchev–Trinajstić information content (AvgIpc) is 3.39. The van der Waals surface area contributed by atoms with E-state index in [0.29, 0.717) is 25.3 Å². The van der Waals surface area contributed by atoms with Crippen LogP contribution in [0.15, 0.2) is 10.6 Å². The number of carbonyl (C=O) groups excluding carboxylic acids is 2. The minimum Gasteiger partial charge on any atom is -0.376 e. The molecule has 8 nitrogen and oxygen atoms in total. The van der Waals surface area contributed by atoms with Gasteiger partial charge in [0.1, 0.15) is 11.3 Å². The summed E-state index contributed by atoms with van der Waals surface area (Å²) in [6.45, 7) is 4.70. The van der Waals surface area contributed by atoms with Crippen LogP contribution in [0.25, 0.3) is 0 Å². The monoisotopic (exact) mass is 376 g/mol. The largest absolute Gasteiger partial charge is 0.376 e. The number of fused-ring (bicyclic) bond motifs is 1. The molecule has 0 spiro atoms. The maximum atomic E-state index is 13.1. The molecule has 148 valence electrons. The Morgan fingerprint density at radius 2 is 2.26 bits per heavy atom. The number of ether oxygens (including phenoxy) is 1. The summed E-state index contributed by atoms with van der Waals surface area (Å²) in [6, 6.07) is 1.56. The Morgan fingerprint density at radius 1 is 1.37 bits per heavy atom. The van der Waals surface area contributed by atoms with Crippen LogP contribution < -0.4 is 10.6 Å². The van der Waals surface area contributed by atoms with Crippen molar-refractivity contribution in [3.05, 3.63) is 17.5 Å². The molecule has 27 heavy (non-hydrogen) atoms. The number of rotatable bonds is 5. The van der Waals surface area contributed by atoms with Gasteiger partial charge in [0.25, 0.3) is 5.91 Å². The molecular weight excluding hydrogens is 348 g/mol. The fraction of sp³-hybridized carbons (Fsp3) is 0.737. The van der Waals surface area contributed by atoms with Gasteiger partial charge >= 0.3 is 0 Å². The van der Waals surface area contributed by atoms with E-state index < -0.39 is 5.54 Å². The molecule has 2 amide bonds. The van der Waals surface area contributed by atoms with Gasteiger partial charge in [0, 0.05) is 31.8 Å². The van der Waals surface area contributed by atoms with Crippen molar-refractivity contribution in [2.24, 2.45) is 0 Å². The van der Waals surface area contributed by atoms with Gasteiger partial charge in [-0.15, -0.1) is 0 Å². The lowest BCUT2D eigenvalue weighted by molar-refractivity contribution is -0.134. The molecule has 0 aromatic carbocycles. The standard InChI is InChI=1S/C19H28N4O4/c1-13-9-16(22-27-13)17(24)21-14-10-19(6-2-3-7-23(19)12-14)18(25)20-11-15-5-4-8-26-15/h9,14-15H,2-8,10-12H2,1H3,(H,20,25)(H,21,24)/t14-,15-,19-/m0/s1. The van der Waals surface area contributed by atoms with Crippen LogP contribution in [0.2, 0.25) is 0 Å². The average molecular weight is 376 g/mol. The summed E-state index contributed by atoms with van der Waals surface area (Å²) in [6.07, 6.45) is 5.79. The van der Waals surface area contributed by atoms with Gasteiger partial charge < -0.3 is 19.9 Å². The zero-order valence-electron chi connectivity index (χ0n) is 15.8. The molecule has 3 atom stereocenters. The van der Waals surface area contributed by atoms with Crippen LogP contribution in [0.3, 0.4) is 0 Å². The van der Waals surface area contributed by atoms with E-state index in [1.807, 2.05) is 0 Å². The third kappa shape index (κ3) is 3.73. The highest BCUT2D eigenvalue weighted by molar-refractivity contribution is 5.93. The summed E-state index contributed by atoms with van der Waals surface area (Å²) in [5.41, 5.74) is -0.233. The Bertz CT molecular complexity index is 700. The number of nitrogens with zero attached hydrogens (tertiary/aromatic N) is 2. The van der Waals surface area contributed by atoms with E-state index in [2.05, 4.69) is 20.7 Å². The maximum absolute atomic E-state index is 13.1. The molecule has 0 unspecified atom stereocenters. The Hall–Kier alpha value is -1.93. The maximum Gasteiger partial charge on any atom is 0.273 e. The zero-order valence-corrected chi connectivity index (χ0v) is 15.8. The van der Waals surface area contributed by atoms with Gasteiger partial charge in [-0.25, -0.2) is 0 Å². The van der Waals surface area contributed by atoms with Gasteiger partial charge in [-0.1, -0.05) is 5.16 Å². The van der Waals surface area contributed by atoms with Crippen LogP contribution in [0.4, 0.5) is 0 Å². The van der Waals surface area contributed by atoms with Crippen molar-refractivity contribution in [3.8, 4) is 0 Å². The second kappa shape index (κ2) is 7.59. The SMILES string of the molecule is Cc1cc(C(=O)N[C@@H]2CN3CCCC[C@@]3(C(=O)NC[C@@H]3CCCO3)C2)no1. The Morgan fingerprint density at radius 3 is 3.00 bits per heavy atom. The number of aryl methyl sites for hydroxylation is 1. The second-order valence-corrected chi connectivity index (χ2v) is 7.98. The fourth-order valence-electron chi connectivity index (χ4n) is 4.68. The molecule has 1 aromatic rings. The number of hydrogen-bond donors (Lipinski definition) is 2. The van der Waals surface area contributed by atoms with Gasteiger partial charge in [-0.2, -0.15) is 0 Å². The molecule has 3 aliphatic rings. The van der Waals surface area contributed by atoms with E-state index in [4.69, 9.17) is 9.26 Å². The van der Waals surface area contributed by atoms with Crippen LogP contribution in [-0.4, -0.2) is 65.8 Å². The first-order valence-corrected chi connectivity index (χ1v) is 9.96. The van der Waals surface area contributed by atoms with Crippen molar-refractivity contribution in [2.45, 2.75) is 63.1 Å². The molecule has 3 fully saturated rings. The number of carbonyl (C=O) groups is 2. The third-order valence-electron chi connectivity index (χ3n) is 6.03. The molecular formula is C19H28N4O4. The van der Waals surface area contributed by atoms with Crippen LogP contribution in [0.5, 0.6) is 0 Å². The highest BCUT2D eigenvalue weighted by atomic mass is 16.5. The fourth-order valence-corrected chi connectivity index (χ4v) is 4.68. The van der Waals surface area contributed by atoms with Crippen molar-refractivity contribution in [1.82, 2.24) is 20.7 Å². The number of piperidine rings is 1. The van der Waals surface area contributed by atoms with Crippen molar-refractivity contribution in [3.63, 3.8) is 0 Å². The number of hydrogen-bond acceptors (Lipinski definition) is 6. The quantitative estimate of drug-likeness (QED) is 0.796. The molecule has 3 saturated heterocycles. The molecule has 0 aliphatic carbocycles. The van der Waals surface area contributed by atoms with E-state index in [0.717, 1.165) is 45.3 Å². The van der Waals surface area contributed by atoms with E-state index in [1.54, 1.807) is 13.0 Å². The molecule has 0 radical (unpaired) electrons. The zero-order chi connectivity index (χ0) is 18.9. The lowest BCUT2D eigenvalue weighted by Gasteiger charge is -2.40. The van der Waals surface area contributed by atoms with Gasteiger partial charge in [0.05, 0.1) is 6.10 Å². The topological polar surface area (TPSA) is 96.7 Å². The van der Waals surface area contributed by atoms with E-state index in [9.17, 15) is 9.59 Å². The minimum atomic E-state index is -0.519. The van der Waals surface area contributed by atoms with E-state index in [-0.39, 0.29) is 29.7 Å². The lowest BCUT2D eigenvalue weighted by Crippen LogP contribution is -2.58. The highest BCUT2D eigenvalue weighted by Crippen LogP contribution is 2.38. The summed E-state index contributed by atoms with van der Waals surface area (Å²) < 4.78 is 10.6. The van der Waals surface area contributed by atoms with Crippen LogP contribution in [0, 0.1) is 6.92 Å². The summed E-state index contributed by atoms with van der Waals surface area (Å²) in [5, 5.41) is 9.93. The summed E-state index contributed by atoms with van der Waals surface area (Å²) in [5.74, 6) is 0.437. The molecule has 0 bridgehead atoms. The van der Waals surface area contributed by atoms with Crippen molar-refractivity contribution in [1.29, 1.82) is 0 Å². The summed E-state index contributed by atoms with van der Waals surface area (Å²) in [4.78, 5) is 27.8. The van der Waals surface area contributed by atoms with Gasteiger partial charge in [-0.3, -0.25) is 14.5 Å². The highest BCUT2D eigenvalue weighted by Gasteiger charge is 2.52. The predicted molar refractivity (Wildman–Crippen MR) is 97.2 cm³/mol. The number of aromatic nitrogens is 1. The molecule has 2 N–H and O–H groups in total. The second-order valence-electron chi connectivity index (χ2n) is 7.98. The molecule has 4 rings (SSSR count). The van der Waals surface area contributed by atoms with E-state index >= 15 is 0 Å². The molecule has 4 heterocycles. The van der Waals surface area contributed by atoms with Gasteiger partial charge in [-0.05, 0) is 52.0 Å². The molecule has 0 saturated carbocycles. The minimum absolute atomic E-state index is 0.0684. The first kappa shape index (κ1) is 18.4. The predicted octanol–water partition coefficient (Wildman–Crippen LogP) is 1.01. The number of amides is 2. The smallest absolute Gasteiger partial charge is 0.273 e. The summed E-state index contributed by atoms with van der Waals surface area (Å²) >= 11 is 0. The van der Waals surface area contributed by atoms with Crippen molar-refractivity contribution in [2.75, 3.05) is 26.2 Å². The number of nitrogens with one attached hydrogen (secondary N) is 2. The van der Waals surface area contributed by atoms with Crippen LogP contribution in [0.1, 0.15) is 54.8 Å². The van der Waals surface area contributed by atoms with Crippen molar-refractivity contribution >= 4 is 11.8 Å². The van der Waals surface area contributed by atoms with Crippen molar-refractivity contribution < 1.29 is 18.8 Å². The van der Waals surface area contributed by atoms with Crippen LogP contribution in [-0.2, 0) is 9.53 Å². The molecule has 8 heteroatoms. The Balaban J connectivity index is 1.40. The van der Waals surface area contributed by atoms with Gasteiger partial charge in [0.2, 0.25) is 5.91 Å². The van der Waals surface area contributed by atoms with Gasteiger partial charge in [0.15, 0.2) is 5.69 Å².